The van der Waals surface area contributed by atoms with Crippen molar-refractivity contribution in [3.05, 3.63) is 35.9 Å². The molecule has 0 saturated heterocycles. The number of nitrogens with one attached hydrogen (secondary N) is 1. The van der Waals surface area contributed by atoms with Gasteiger partial charge in [-0.05, 0) is 18.6 Å². The molecule has 126 valence electrons. The molecular weight excluding hydrogens is 340 g/mol. The number of rotatable bonds is 5. The lowest BCUT2D eigenvalue weighted by molar-refractivity contribution is -0.141. The smallest absolute Gasteiger partial charge is 0.276 e. The molecule has 11 heteroatoms. The van der Waals surface area contributed by atoms with E-state index in [-0.39, 0.29) is 17.8 Å². The SMILES string of the molecule is Cc1cc(S(=O)(=O)Nc2cnn(CCF)c2)cnc1C(F)(F)F. The molecule has 2 aromatic heterocycles. The molecular formula is C12H12F4N4O2S. The lowest BCUT2D eigenvalue weighted by atomic mass is 10.2. The Morgan fingerprint density at radius 3 is 2.57 bits per heavy atom. The van der Waals surface area contributed by atoms with Crippen molar-refractivity contribution >= 4 is 15.7 Å². The third-order valence-electron chi connectivity index (χ3n) is 2.83. The molecule has 0 aliphatic carbocycles. The standard InChI is InChI=1S/C12H12F4N4O2S/c1-8-4-10(6-17-11(8)12(14,15)16)23(21,22)19-9-5-18-20(7-9)3-2-13/h4-7,19H,2-3H2,1H3. The van der Waals surface area contributed by atoms with E-state index in [1.165, 1.54) is 10.9 Å². The Bertz CT molecular complexity index is 802. The number of halogens is 4. The molecule has 1 N–H and O–H groups in total. The monoisotopic (exact) mass is 352 g/mol. The molecule has 2 heterocycles. The number of nitrogens with zero attached hydrogens (tertiary/aromatic N) is 3. The normalized spacial score (nSPS) is 12.4. The van der Waals surface area contributed by atoms with Crippen LogP contribution in [0.1, 0.15) is 11.3 Å². The quantitative estimate of drug-likeness (QED) is 0.838. The summed E-state index contributed by atoms with van der Waals surface area (Å²) >= 11 is 0. The van der Waals surface area contributed by atoms with Crippen LogP contribution in [0.2, 0.25) is 0 Å². The first-order valence-corrected chi connectivity index (χ1v) is 7.77. The third-order valence-corrected chi connectivity index (χ3v) is 4.18. The van der Waals surface area contributed by atoms with Gasteiger partial charge in [0.2, 0.25) is 0 Å². The molecule has 23 heavy (non-hydrogen) atoms. The summed E-state index contributed by atoms with van der Waals surface area (Å²) in [5, 5.41) is 3.73. The molecule has 0 saturated carbocycles. The van der Waals surface area contributed by atoms with Crippen LogP contribution in [0.5, 0.6) is 0 Å². The van der Waals surface area contributed by atoms with Crippen molar-refractivity contribution in [2.45, 2.75) is 24.5 Å². The van der Waals surface area contributed by atoms with Gasteiger partial charge in [-0.25, -0.2) is 12.8 Å². The Kier molecular flexibility index (Phi) is 4.59. The maximum Gasteiger partial charge on any atom is 0.433 e. The molecule has 2 aromatic rings. The Balaban J connectivity index is 2.27. The Morgan fingerprint density at radius 2 is 2.00 bits per heavy atom. The molecule has 0 unspecified atom stereocenters. The first-order valence-electron chi connectivity index (χ1n) is 6.28. The molecule has 0 aliphatic heterocycles. The number of pyridine rings is 1. The highest BCUT2D eigenvalue weighted by atomic mass is 32.2. The number of alkyl halides is 4. The van der Waals surface area contributed by atoms with Crippen LogP contribution < -0.4 is 4.72 Å². The van der Waals surface area contributed by atoms with Gasteiger partial charge in [0.15, 0.2) is 0 Å². The molecule has 0 aromatic carbocycles. The second-order valence-corrected chi connectivity index (χ2v) is 6.30. The predicted molar refractivity (Wildman–Crippen MR) is 73.0 cm³/mol. The Labute approximate surface area is 129 Å². The zero-order valence-corrected chi connectivity index (χ0v) is 12.6. The molecule has 0 spiro atoms. The van der Waals surface area contributed by atoms with Gasteiger partial charge in [-0.2, -0.15) is 18.3 Å². The zero-order valence-electron chi connectivity index (χ0n) is 11.8. The summed E-state index contributed by atoms with van der Waals surface area (Å²) in [5.41, 5.74) is -1.39. The summed E-state index contributed by atoms with van der Waals surface area (Å²) in [6, 6.07) is 0.879. The molecule has 0 amide bonds. The van der Waals surface area contributed by atoms with Crippen molar-refractivity contribution < 1.29 is 26.0 Å². The topological polar surface area (TPSA) is 76.9 Å². The second-order valence-electron chi connectivity index (χ2n) is 4.62. The van der Waals surface area contributed by atoms with Gasteiger partial charge >= 0.3 is 6.18 Å². The van der Waals surface area contributed by atoms with Gasteiger partial charge in [-0.3, -0.25) is 14.4 Å². The molecule has 0 fully saturated rings. The first-order chi connectivity index (χ1) is 10.6. The van der Waals surface area contributed by atoms with E-state index < -0.39 is 33.5 Å². The Morgan fingerprint density at radius 1 is 1.30 bits per heavy atom. The zero-order chi connectivity index (χ0) is 17.3. The van der Waals surface area contributed by atoms with Crippen molar-refractivity contribution in [3.8, 4) is 0 Å². The minimum atomic E-state index is -4.66. The average Bonchev–Trinajstić information content (AvgIpc) is 2.84. The summed E-state index contributed by atoms with van der Waals surface area (Å²) in [6.45, 7) is 0.409. The van der Waals surface area contributed by atoms with Crippen LogP contribution >= 0.6 is 0 Å². The van der Waals surface area contributed by atoms with Crippen LogP contribution in [0.3, 0.4) is 0 Å². The van der Waals surface area contributed by atoms with Crippen LogP contribution in [0.25, 0.3) is 0 Å². The van der Waals surface area contributed by atoms with Crippen LogP contribution in [-0.2, 0) is 22.7 Å². The number of hydrogen-bond donors (Lipinski definition) is 1. The number of anilines is 1. The van der Waals surface area contributed by atoms with E-state index in [1.807, 2.05) is 0 Å². The molecule has 6 nitrogen and oxygen atoms in total. The van der Waals surface area contributed by atoms with Gasteiger partial charge in [0.05, 0.1) is 18.4 Å². The fourth-order valence-corrected chi connectivity index (χ4v) is 2.89. The maximum atomic E-state index is 12.6. The summed E-state index contributed by atoms with van der Waals surface area (Å²) < 4.78 is 77.7. The molecule has 0 aliphatic rings. The maximum absolute atomic E-state index is 12.6. The third kappa shape index (κ3) is 3.97. The van der Waals surface area contributed by atoms with E-state index >= 15 is 0 Å². The first kappa shape index (κ1) is 17.2. The van der Waals surface area contributed by atoms with Crippen molar-refractivity contribution in [1.82, 2.24) is 14.8 Å². The number of aryl methyl sites for hydroxylation is 2. The van der Waals surface area contributed by atoms with Crippen LogP contribution in [0.15, 0.2) is 29.6 Å². The minimum absolute atomic E-state index is 0.0390. The van der Waals surface area contributed by atoms with Gasteiger partial charge in [0.1, 0.15) is 17.3 Å². The van der Waals surface area contributed by atoms with E-state index in [1.54, 1.807) is 0 Å². The van der Waals surface area contributed by atoms with E-state index in [2.05, 4.69) is 14.8 Å². The highest BCUT2D eigenvalue weighted by Gasteiger charge is 2.35. The summed E-state index contributed by atoms with van der Waals surface area (Å²) in [7, 11) is -4.13. The van der Waals surface area contributed by atoms with Crippen LogP contribution in [0, 0.1) is 6.92 Å². The lowest BCUT2D eigenvalue weighted by Gasteiger charge is -2.11. The van der Waals surface area contributed by atoms with E-state index in [0.29, 0.717) is 6.20 Å². The van der Waals surface area contributed by atoms with Gasteiger partial charge in [0, 0.05) is 12.4 Å². The van der Waals surface area contributed by atoms with Crippen molar-refractivity contribution in [3.63, 3.8) is 0 Å². The van der Waals surface area contributed by atoms with Gasteiger partial charge in [-0.1, -0.05) is 0 Å². The number of hydrogen-bond acceptors (Lipinski definition) is 4. The van der Waals surface area contributed by atoms with E-state index in [0.717, 1.165) is 19.2 Å². The summed E-state index contributed by atoms with van der Waals surface area (Å²) in [5.74, 6) is 0. The van der Waals surface area contributed by atoms with E-state index in [4.69, 9.17) is 0 Å². The highest BCUT2D eigenvalue weighted by Crippen LogP contribution is 2.31. The average molecular weight is 352 g/mol. The predicted octanol–water partition coefficient (Wildman–Crippen LogP) is 2.38. The molecule has 0 bridgehead atoms. The second kappa shape index (κ2) is 6.14. The highest BCUT2D eigenvalue weighted by molar-refractivity contribution is 7.92. The fraction of sp³-hybridized carbons (Fsp3) is 0.333. The van der Waals surface area contributed by atoms with Crippen molar-refractivity contribution in [2.75, 3.05) is 11.4 Å². The fourth-order valence-electron chi connectivity index (χ4n) is 1.83. The van der Waals surface area contributed by atoms with Crippen molar-refractivity contribution in [2.24, 2.45) is 0 Å². The van der Waals surface area contributed by atoms with Crippen LogP contribution in [-0.4, -0.2) is 29.9 Å². The molecule has 0 atom stereocenters. The molecule has 0 radical (unpaired) electrons. The summed E-state index contributed by atoms with van der Waals surface area (Å²) in [4.78, 5) is 2.76. The minimum Gasteiger partial charge on any atom is -0.276 e. The van der Waals surface area contributed by atoms with Gasteiger partial charge in [-0.15, -0.1) is 0 Å². The van der Waals surface area contributed by atoms with Gasteiger partial charge in [0.25, 0.3) is 10.0 Å². The van der Waals surface area contributed by atoms with Crippen molar-refractivity contribution in [1.29, 1.82) is 0 Å². The van der Waals surface area contributed by atoms with Gasteiger partial charge < -0.3 is 0 Å². The Hall–Kier alpha value is -2.17. The molecule has 2 rings (SSSR count). The van der Waals surface area contributed by atoms with E-state index in [9.17, 15) is 26.0 Å². The number of sulfonamides is 1. The number of aromatic nitrogens is 3. The largest absolute Gasteiger partial charge is 0.433 e. The lowest BCUT2D eigenvalue weighted by Crippen LogP contribution is -2.16. The van der Waals surface area contributed by atoms with Crippen LogP contribution in [0.4, 0.5) is 23.2 Å². The summed E-state index contributed by atoms with van der Waals surface area (Å²) in [6.07, 6.45) is -1.60.